The Bertz CT molecular complexity index is 1310. The van der Waals surface area contributed by atoms with E-state index in [9.17, 15) is 21.6 Å². The molecule has 3 aromatic rings. The molecule has 1 spiro atoms. The summed E-state index contributed by atoms with van der Waals surface area (Å²) in [6, 6.07) is 18.0. The fourth-order valence-corrected chi connectivity index (χ4v) is 5.34. The Labute approximate surface area is 198 Å². The van der Waals surface area contributed by atoms with Crippen molar-refractivity contribution < 1.29 is 26.3 Å². The molecule has 5 rings (SSSR count). The Morgan fingerprint density at radius 1 is 0.971 bits per heavy atom. The summed E-state index contributed by atoms with van der Waals surface area (Å²) in [7, 11) is -3.72. The normalized spacial score (nSPS) is 20.8. The molecule has 178 valence electrons. The number of ether oxygens (including phenoxy) is 1. The minimum Gasteiger partial charge on any atom is -0.457 e. The Hall–Kier alpha value is -2.83. The minimum absolute atomic E-state index is 0.194. The van der Waals surface area contributed by atoms with Crippen molar-refractivity contribution in [2.75, 3.05) is 11.4 Å². The molecule has 2 saturated heterocycles. The fraction of sp³-hybridized carbons (Fsp3) is 0.182. The van der Waals surface area contributed by atoms with Gasteiger partial charge in [-0.3, -0.25) is 5.32 Å². The van der Waals surface area contributed by atoms with E-state index < -0.39 is 33.9 Å². The molecule has 1 atom stereocenters. The van der Waals surface area contributed by atoms with E-state index in [1.165, 1.54) is 6.07 Å². The van der Waals surface area contributed by atoms with Gasteiger partial charge in [0.15, 0.2) is 0 Å². The summed E-state index contributed by atoms with van der Waals surface area (Å²) in [5.74, 6) is -0.271. The van der Waals surface area contributed by atoms with Gasteiger partial charge in [0.05, 0.1) is 11.6 Å². The van der Waals surface area contributed by atoms with Crippen LogP contribution in [0.2, 0.25) is 5.02 Å². The van der Waals surface area contributed by atoms with E-state index in [0.29, 0.717) is 27.8 Å². The quantitative estimate of drug-likeness (QED) is 0.486. The van der Waals surface area contributed by atoms with E-state index in [-0.39, 0.29) is 6.54 Å². The maximum absolute atomic E-state index is 13.3. The predicted octanol–water partition coefficient (Wildman–Crippen LogP) is 4.35. The number of alkyl halides is 3. The van der Waals surface area contributed by atoms with Gasteiger partial charge in [-0.25, -0.2) is 0 Å². The first-order valence-electron chi connectivity index (χ1n) is 10.1. The van der Waals surface area contributed by atoms with Gasteiger partial charge >= 0.3 is 6.18 Å². The van der Waals surface area contributed by atoms with Gasteiger partial charge in [0, 0.05) is 17.3 Å². The lowest BCUT2D eigenvalue weighted by atomic mass is 10.0. The SMILES string of the molecule is O=S1(=O)NC2(NC[C@H](c3cccc(C(F)(F)F)c3)N2c2ccc(Oc3ccc(Cl)cc3)cc2)N1. The van der Waals surface area contributed by atoms with Gasteiger partial charge in [0.1, 0.15) is 11.5 Å². The fourth-order valence-electron chi connectivity index (χ4n) is 4.09. The molecule has 2 heterocycles. The predicted molar refractivity (Wildman–Crippen MR) is 121 cm³/mol. The lowest BCUT2D eigenvalue weighted by molar-refractivity contribution is -0.137. The monoisotopic (exact) mass is 510 g/mol. The average molecular weight is 511 g/mol. The van der Waals surface area contributed by atoms with Crippen LogP contribution in [0.15, 0.2) is 72.8 Å². The van der Waals surface area contributed by atoms with Crippen molar-refractivity contribution in [3.05, 3.63) is 88.9 Å². The van der Waals surface area contributed by atoms with Crippen LogP contribution < -0.4 is 24.4 Å². The second-order valence-electron chi connectivity index (χ2n) is 7.86. The second kappa shape index (κ2) is 8.14. The Balaban J connectivity index is 1.47. The molecule has 0 saturated carbocycles. The zero-order chi connectivity index (χ0) is 24.1. The van der Waals surface area contributed by atoms with E-state index >= 15 is 0 Å². The molecule has 12 heteroatoms. The smallest absolute Gasteiger partial charge is 0.416 e. The molecule has 2 aliphatic heterocycles. The lowest BCUT2D eigenvalue weighted by Gasteiger charge is -2.47. The van der Waals surface area contributed by atoms with Crippen LogP contribution in [-0.2, 0) is 16.4 Å². The maximum atomic E-state index is 13.3. The third-order valence-corrected chi connectivity index (χ3v) is 6.93. The summed E-state index contributed by atoms with van der Waals surface area (Å²) in [5, 5.41) is 3.61. The number of nitrogens with one attached hydrogen (secondary N) is 3. The van der Waals surface area contributed by atoms with Gasteiger partial charge in [-0.2, -0.15) is 21.6 Å². The van der Waals surface area contributed by atoms with Crippen molar-refractivity contribution in [2.45, 2.75) is 18.1 Å². The summed E-state index contributed by atoms with van der Waals surface area (Å²) >= 11 is 5.89. The molecule has 0 unspecified atom stereocenters. The lowest BCUT2D eigenvalue weighted by Crippen LogP contribution is -2.84. The maximum Gasteiger partial charge on any atom is 0.416 e. The number of halogens is 4. The van der Waals surface area contributed by atoms with Crippen molar-refractivity contribution in [1.29, 1.82) is 0 Å². The van der Waals surface area contributed by atoms with Gasteiger partial charge in [-0.1, -0.05) is 23.7 Å². The highest BCUT2D eigenvalue weighted by molar-refractivity contribution is 7.88. The molecule has 2 aliphatic rings. The molecule has 3 N–H and O–H groups in total. The molecule has 0 aliphatic carbocycles. The van der Waals surface area contributed by atoms with Gasteiger partial charge in [0.25, 0.3) is 10.2 Å². The van der Waals surface area contributed by atoms with Gasteiger partial charge in [0.2, 0.25) is 5.91 Å². The van der Waals surface area contributed by atoms with Gasteiger partial charge in [-0.15, -0.1) is 9.44 Å². The molecule has 0 aromatic heterocycles. The summed E-state index contributed by atoms with van der Waals surface area (Å²) in [4.78, 5) is 1.66. The first-order chi connectivity index (χ1) is 16.0. The highest BCUT2D eigenvalue weighted by Crippen LogP contribution is 2.40. The van der Waals surface area contributed by atoms with Crippen molar-refractivity contribution in [2.24, 2.45) is 0 Å². The number of hydrogen-bond donors (Lipinski definition) is 3. The Kier molecular flexibility index (Phi) is 5.49. The van der Waals surface area contributed by atoms with E-state index in [4.69, 9.17) is 16.3 Å². The molecule has 2 fully saturated rings. The summed E-state index contributed by atoms with van der Waals surface area (Å²) in [6.45, 7) is 0.194. The van der Waals surface area contributed by atoms with Crippen LogP contribution in [-0.4, -0.2) is 20.9 Å². The van der Waals surface area contributed by atoms with Crippen LogP contribution in [0.1, 0.15) is 17.2 Å². The standard InChI is InChI=1S/C22H18ClF3N4O3S/c23-16-4-8-18(9-5-16)33-19-10-6-17(7-11-19)30-20(13-27-22(30)28-34(31,32)29-22)14-2-1-3-15(12-14)21(24,25)26/h1-12,20,27-29H,13H2/t20-/m1/s1. The first kappa shape index (κ1) is 22.9. The molecule has 34 heavy (non-hydrogen) atoms. The van der Waals surface area contributed by atoms with E-state index in [1.807, 2.05) is 0 Å². The zero-order valence-electron chi connectivity index (χ0n) is 17.3. The van der Waals surface area contributed by atoms with E-state index in [2.05, 4.69) is 14.8 Å². The third kappa shape index (κ3) is 4.32. The summed E-state index contributed by atoms with van der Waals surface area (Å²) in [5.41, 5.74) is 0.166. The topological polar surface area (TPSA) is 82.7 Å². The van der Waals surface area contributed by atoms with E-state index in [0.717, 1.165) is 12.1 Å². The molecule has 3 aromatic carbocycles. The molecular formula is C22H18ClF3N4O3S. The second-order valence-corrected chi connectivity index (χ2v) is 9.71. The number of anilines is 1. The molecular weight excluding hydrogens is 493 g/mol. The van der Waals surface area contributed by atoms with Crippen LogP contribution in [0, 0.1) is 0 Å². The number of hydrogen-bond acceptors (Lipinski definition) is 5. The summed E-state index contributed by atoms with van der Waals surface area (Å²) < 4.78 is 74.3. The first-order valence-corrected chi connectivity index (χ1v) is 12.0. The van der Waals surface area contributed by atoms with Crippen molar-refractivity contribution in [3.63, 3.8) is 0 Å². The number of nitrogens with zero attached hydrogens (tertiary/aromatic N) is 1. The zero-order valence-corrected chi connectivity index (χ0v) is 18.9. The highest BCUT2D eigenvalue weighted by atomic mass is 35.5. The van der Waals surface area contributed by atoms with Gasteiger partial charge < -0.3 is 9.64 Å². The summed E-state index contributed by atoms with van der Waals surface area (Å²) in [6.07, 6.45) is -4.50. The van der Waals surface area contributed by atoms with Crippen molar-refractivity contribution in [1.82, 2.24) is 14.8 Å². The molecule has 0 radical (unpaired) electrons. The third-order valence-electron chi connectivity index (χ3n) is 5.55. The number of benzene rings is 3. The minimum atomic E-state index is -4.50. The molecule has 7 nitrogen and oxygen atoms in total. The van der Waals surface area contributed by atoms with Crippen LogP contribution >= 0.6 is 11.6 Å². The van der Waals surface area contributed by atoms with Crippen LogP contribution in [0.5, 0.6) is 11.5 Å². The Morgan fingerprint density at radius 2 is 1.59 bits per heavy atom. The van der Waals surface area contributed by atoms with Crippen LogP contribution in [0.3, 0.4) is 0 Å². The number of rotatable bonds is 4. The van der Waals surface area contributed by atoms with Crippen molar-refractivity contribution >= 4 is 27.5 Å². The Morgan fingerprint density at radius 3 is 2.18 bits per heavy atom. The highest BCUT2D eigenvalue weighted by Gasteiger charge is 2.58. The molecule has 0 bridgehead atoms. The molecule has 0 amide bonds. The largest absolute Gasteiger partial charge is 0.457 e. The van der Waals surface area contributed by atoms with Crippen LogP contribution in [0.25, 0.3) is 0 Å². The van der Waals surface area contributed by atoms with Crippen LogP contribution in [0.4, 0.5) is 18.9 Å². The van der Waals surface area contributed by atoms with Gasteiger partial charge in [-0.05, 0) is 66.2 Å². The van der Waals surface area contributed by atoms with Crippen molar-refractivity contribution in [3.8, 4) is 11.5 Å². The van der Waals surface area contributed by atoms with E-state index in [1.54, 1.807) is 59.5 Å². The average Bonchev–Trinajstić information content (AvgIpc) is 3.14.